The second kappa shape index (κ2) is 4.46. The van der Waals surface area contributed by atoms with E-state index in [9.17, 15) is 0 Å². The highest BCUT2D eigenvalue weighted by Crippen LogP contribution is 2.42. The third kappa shape index (κ3) is 2.24. The molecule has 2 aromatic rings. The number of hydrogen-bond donors (Lipinski definition) is 0. The topological polar surface area (TPSA) is 21.8 Å². The van der Waals surface area contributed by atoms with E-state index in [0.717, 1.165) is 17.9 Å². The third-order valence-corrected chi connectivity index (χ3v) is 3.27. The molecule has 2 heteroatoms. The van der Waals surface area contributed by atoms with E-state index in [2.05, 4.69) is 25.1 Å². The Morgan fingerprint density at radius 2 is 1.72 bits per heavy atom. The molecule has 0 bridgehead atoms. The van der Waals surface area contributed by atoms with Crippen LogP contribution in [0.3, 0.4) is 0 Å². The molecule has 1 aliphatic heterocycles. The predicted octanol–water partition coefficient (Wildman–Crippen LogP) is 3.51. The van der Waals surface area contributed by atoms with Crippen molar-refractivity contribution in [3.63, 3.8) is 0 Å². The molecule has 0 radical (unpaired) electrons. The quantitative estimate of drug-likeness (QED) is 0.763. The summed E-state index contributed by atoms with van der Waals surface area (Å²) >= 11 is 0. The maximum absolute atomic E-state index is 5.91. The Morgan fingerprint density at radius 3 is 2.44 bits per heavy atom. The van der Waals surface area contributed by atoms with Crippen molar-refractivity contribution in [2.24, 2.45) is 0 Å². The van der Waals surface area contributed by atoms with Gasteiger partial charge >= 0.3 is 0 Å². The van der Waals surface area contributed by atoms with Gasteiger partial charge in [0.15, 0.2) is 0 Å². The maximum Gasteiger partial charge on any atom is 0.125 e. The lowest BCUT2D eigenvalue weighted by Gasteiger charge is -2.13. The van der Waals surface area contributed by atoms with Gasteiger partial charge in [0.25, 0.3) is 0 Å². The second-order valence-corrected chi connectivity index (χ2v) is 4.79. The fourth-order valence-corrected chi connectivity index (χ4v) is 2.03. The Hall–Kier alpha value is -1.80. The molecule has 0 N–H and O–H groups in total. The van der Waals surface area contributed by atoms with Crippen LogP contribution in [-0.2, 0) is 16.9 Å². The molecular weight excluding hydrogens is 224 g/mol. The van der Waals surface area contributed by atoms with E-state index in [4.69, 9.17) is 9.47 Å². The van der Waals surface area contributed by atoms with Gasteiger partial charge < -0.3 is 9.47 Å². The second-order valence-electron chi connectivity index (χ2n) is 4.79. The minimum atomic E-state index is -0.146. The molecule has 3 rings (SSSR count). The number of benzene rings is 2. The van der Waals surface area contributed by atoms with Crippen molar-refractivity contribution in [2.45, 2.75) is 19.1 Å². The van der Waals surface area contributed by atoms with Crippen LogP contribution in [0.4, 0.5) is 0 Å². The number of ether oxygens (including phenoxy) is 2. The normalized spacial score (nSPS) is 21.6. The molecule has 1 unspecified atom stereocenters. The van der Waals surface area contributed by atoms with Gasteiger partial charge in [-0.05, 0) is 18.6 Å². The lowest BCUT2D eigenvalue weighted by Crippen LogP contribution is -2.06. The van der Waals surface area contributed by atoms with Crippen LogP contribution in [0, 0.1) is 0 Å². The first-order chi connectivity index (χ1) is 8.78. The lowest BCUT2D eigenvalue weighted by molar-refractivity contribution is 0.281. The number of para-hydroxylation sites is 1. The van der Waals surface area contributed by atoms with Gasteiger partial charge in [-0.15, -0.1) is 0 Å². The molecule has 0 saturated carbocycles. The standard InChI is InChI=1S/C16H16O2/c1-16(12-18-16)14-9-5-6-10-15(14)17-11-13-7-3-2-4-8-13/h2-10H,11-12H2,1H3. The summed E-state index contributed by atoms with van der Waals surface area (Å²) in [6.07, 6.45) is 0. The molecule has 1 heterocycles. The van der Waals surface area contributed by atoms with Gasteiger partial charge in [0.05, 0.1) is 6.61 Å². The minimum absolute atomic E-state index is 0.146. The first kappa shape index (κ1) is 11.3. The van der Waals surface area contributed by atoms with Gasteiger partial charge in [-0.25, -0.2) is 0 Å². The van der Waals surface area contributed by atoms with Crippen LogP contribution in [0.15, 0.2) is 54.6 Å². The van der Waals surface area contributed by atoms with Crippen molar-refractivity contribution in [1.29, 1.82) is 0 Å². The van der Waals surface area contributed by atoms with E-state index in [-0.39, 0.29) is 5.60 Å². The zero-order valence-electron chi connectivity index (χ0n) is 10.4. The predicted molar refractivity (Wildman–Crippen MR) is 70.5 cm³/mol. The summed E-state index contributed by atoms with van der Waals surface area (Å²) in [4.78, 5) is 0. The highest BCUT2D eigenvalue weighted by molar-refractivity contribution is 5.40. The van der Waals surface area contributed by atoms with Crippen molar-refractivity contribution in [2.75, 3.05) is 6.61 Å². The average Bonchev–Trinajstić information content (AvgIpc) is 3.17. The van der Waals surface area contributed by atoms with E-state index >= 15 is 0 Å². The molecule has 18 heavy (non-hydrogen) atoms. The molecule has 1 atom stereocenters. The van der Waals surface area contributed by atoms with Gasteiger partial charge in [-0.3, -0.25) is 0 Å². The monoisotopic (exact) mass is 240 g/mol. The smallest absolute Gasteiger partial charge is 0.125 e. The van der Waals surface area contributed by atoms with Gasteiger partial charge in [-0.1, -0.05) is 48.5 Å². The van der Waals surface area contributed by atoms with E-state index < -0.39 is 0 Å². The summed E-state index contributed by atoms with van der Waals surface area (Å²) in [5.41, 5.74) is 2.17. The van der Waals surface area contributed by atoms with Gasteiger partial charge in [0.2, 0.25) is 0 Å². The van der Waals surface area contributed by atoms with Crippen LogP contribution in [-0.4, -0.2) is 6.61 Å². The van der Waals surface area contributed by atoms with Crippen LogP contribution >= 0.6 is 0 Å². The van der Waals surface area contributed by atoms with Crippen molar-refractivity contribution in [1.82, 2.24) is 0 Å². The van der Waals surface area contributed by atoms with Gasteiger partial charge in [0.1, 0.15) is 18.0 Å². The van der Waals surface area contributed by atoms with Crippen LogP contribution < -0.4 is 4.74 Å². The van der Waals surface area contributed by atoms with Gasteiger partial charge in [0, 0.05) is 5.56 Å². The van der Waals surface area contributed by atoms with Crippen LogP contribution in [0.1, 0.15) is 18.1 Å². The summed E-state index contributed by atoms with van der Waals surface area (Å²) in [6.45, 7) is 3.46. The fourth-order valence-electron chi connectivity index (χ4n) is 2.03. The minimum Gasteiger partial charge on any atom is -0.489 e. The zero-order chi connectivity index (χ0) is 12.4. The van der Waals surface area contributed by atoms with Crippen molar-refractivity contribution in [3.05, 3.63) is 65.7 Å². The van der Waals surface area contributed by atoms with E-state index in [1.165, 1.54) is 5.56 Å². The fraction of sp³-hybridized carbons (Fsp3) is 0.250. The Labute approximate surface area is 107 Å². The third-order valence-electron chi connectivity index (χ3n) is 3.27. The molecular formula is C16H16O2. The molecule has 1 fully saturated rings. The average molecular weight is 240 g/mol. The highest BCUT2D eigenvalue weighted by Gasteiger charge is 2.43. The molecule has 0 spiro atoms. The molecule has 1 aliphatic rings. The summed E-state index contributed by atoms with van der Waals surface area (Å²) < 4.78 is 11.4. The van der Waals surface area contributed by atoms with E-state index in [0.29, 0.717) is 6.61 Å². The Kier molecular flexibility index (Phi) is 2.80. The van der Waals surface area contributed by atoms with Crippen molar-refractivity contribution in [3.8, 4) is 5.75 Å². The summed E-state index contributed by atoms with van der Waals surface area (Å²) in [5, 5.41) is 0. The van der Waals surface area contributed by atoms with Crippen LogP contribution in [0.5, 0.6) is 5.75 Å². The Balaban J connectivity index is 1.77. The van der Waals surface area contributed by atoms with Crippen molar-refractivity contribution < 1.29 is 9.47 Å². The van der Waals surface area contributed by atoms with Crippen LogP contribution in [0.25, 0.3) is 0 Å². The van der Waals surface area contributed by atoms with Crippen LogP contribution in [0.2, 0.25) is 0 Å². The van der Waals surface area contributed by atoms with Crippen molar-refractivity contribution >= 4 is 0 Å². The lowest BCUT2D eigenvalue weighted by atomic mass is 10.0. The van der Waals surface area contributed by atoms with E-state index in [1.54, 1.807) is 0 Å². The summed E-state index contributed by atoms with van der Waals surface area (Å²) in [5.74, 6) is 0.918. The molecule has 0 aliphatic carbocycles. The number of hydrogen-bond acceptors (Lipinski definition) is 2. The van der Waals surface area contributed by atoms with Gasteiger partial charge in [-0.2, -0.15) is 0 Å². The SMILES string of the molecule is CC1(c2ccccc2OCc2ccccc2)CO1. The molecule has 0 amide bonds. The molecule has 2 aromatic carbocycles. The Morgan fingerprint density at radius 1 is 1.06 bits per heavy atom. The zero-order valence-corrected chi connectivity index (χ0v) is 10.4. The Bertz CT molecular complexity index is 530. The number of rotatable bonds is 4. The first-order valence-corrected chi connectivity index (χ1v) is 6.18. The molecule has 2 nitrogen and oxygen atoms in total. The first-order valence-electron chi connectivity index (χ1n) is 6.18. The maximum atomic E-state index is 5.91. The summed E-state index contributed by atoms with van der Waals surface area (Å²) in [6, 6.07) is 18.3. The summed E-state index contributed by atoms with van der Waals surface area (Å²) in [7, 11) is 0. The van der Waals surface area contributed by atoms with E-state index in [1.807, 2.05) is 36.4 Å². The molecule has 92 valence electrons. The molecule has 0 aromatic heterocycles. The molecule has 1 saturated heterocycles. The highest BCUT2D eigenvalue weighted by atomic mass is 16.6. The largest absolute Gasteiger partial charge is 0.489 e. The number of epoxide rings is 1.